The number of carbonyl (C=O) groups excluding carboxylic acids is 2. The molecule has 2 saturated heterocycles. The van der Waals surface area contributed by atoms with Crippen LogP contribution in [0.2, 0.25) is 0 Å². The summed E-state index contributed by atoms with van der Waals surface area (Å²) in [5.74, 6) is 0.263. The fourth-order valence-corrected chi connectivity index (χ4v) is 5.71. The summed E-state index contributed by atoms with van der Waals surface area (Å²) < 4.78 is 4.80. The van der Waals surface area contributed by atoms with Crippen LogP contribution in [0.3, 0.4) is 0 Å². The molecule has 2 heterocycles. The molecular formula is C27H32N2O3. The largest absolute Gasteiger partial charge is 0.465 e. The molecule has 0 spiro atoms. The predicted molar refractivity (Wildman–Crippen MR) is 123 cm³/mol. The summed E-state index contributed by atoms with van der Waals surface area (Å²) in [7, 11) is 1.39. The highest BCUT2D eigenvalue weighted by molar-refractivity contribution is 5.89. The van der Waals surface area contributed by atoms with Crippen molar-refractivity contribution in [2.24, 2.45) is 5.92 Å². The molecule has 1 N–H and O–H groups in total. The lowest BCUT2D eigenvalue weighted by Crippen LogP contribution is -2.61. The number of ether oxygens (including phenoxy) is 1. The smallest absolute Gasteiger partial charge is 0.337 e. The van der Waals surface area contributed by atoms with Crippen LogP contribution < -0.4 is 5.32 Å². The van der Waals surface area contributed by atoms with Crippen molar-refractivity contribution in [1.82, 2.24) is 10.2 Å². The molecule has 6 rings (SSSR count). The van der Waals surface area contributed by atoms with Gasteiger partial charge in [-0.25, -0.2) is 4.79 Å². The summed E-state index contributed by atoms with van der Waals surface area (Å²) >= 11 is 0. The van der Waals surface area contributed by atoms with Crippen molar-refractivity contribution < 1.29 is 14.3 Å². The molecule has 5 heteroatoms. The molecule has 2 bridgehead atoms. The van der Waals surface area contributed by atoms with E-state index < -0.39 is 0 Å². The summed E-state index contributed by atoms with van der Waals surface area (Å²) in [6.45, 7) is 2.94. The zero-order valence-corrected chi connectivity index (χ0v) is 19.0. The number of nitrogens with one attached hydrogen (secondary N) is 1. The Bertz CT molecular complexity index is 987. The highest BCUT2D eigenvalue weighted by Gasteiger charge is 2.50. The number of rotatable bonds is 6. The minimum Gasteiger partial charge on any atom is -0.465 e. The van der Waals surface area contributed by atoms with E-state index in [0.29, 0.717) is 17.5 Å². The topological polar surface area (TPSA) is 58.6 Å². The minimum atomic E-state index is -0.338. The predicted octanol–water partition coefficient (Wildman–Crippen LogP) is 4.33. The lowest BCUT2D eigenvalue weighted by molar-refractivity contribution is -0.137. The number of nitrogens with zero attached hydrogens (tertiary/aromatic N) is 1. The average Bonchev–Trinajstić information content (AvgIpc) is 3.61. The number of aryl methyl sites for hydroxylation is 1. The van der Waals surface area contributed by atoms with Gasteiger partial charge in [-0.15, -0.1) is 0 Å². The maximum atomic E-state index is 13.7. The van der Waals surface area contributed by atoms with Gasteiger partial charge in [0.05, 0.1) is 24.3 Å². The number of hydrogen-bond acceptors (Lipinski definition) is 4. The van der Waals surface area contributed by atoms with Crippen LogP contribution in [0.25, 0.3) is 0 Å². The van der Waals surface area contributed by atoms with Crippen LogP contribution in [0, 0.1) is 12.8 Å². The fourth-order valence-electron chi connectivity index (χ4n) is 5.71. The van der Waals surface area contributed by atoms with Gasteiger partial charge in [-0.2, -0.15) is 0 Å². The van der Waals surface area contributed by atoms with Gasteiger partial charge in [0.25, 0.3) is 0 Å². The van der Waals surface area contributed by atoms with Crippen LogP contribution >= 0.6 is 0 Å². The molecule has 168 valence electrons. The van der Waals surface area contributed by atoms with Gasteiger partial charge in [-0.1, -0.05) is 42.0 Å². The van der Waals surface area contributed by atoms with Crippen LogP contribution in [0.4, 0.5) is 0 Å². The third kappa shape index (κ3) is 3.95. The Morgan fingerprint density at radius 2 is 1.66 bits per heavy atom. The highest BCUT2D eigenvalue weighted by atomic mass is 16.5. The Balaban J connectivity index is 1.34. The van der Waals surface area contributed by atoms with E-state index in [4.69, 9.17) is 4.74 Å². The SMILES string of the molecule is COC(=O)c1ccc(C2(NC(=O)C3C4CCC(CC4)N3Cc3ccc(C)cc3)CC2)cc1. The number of amides is 1. The highest BCUT2D eigenvalue weighted by Crippen LogP contribution is 2.47. The lowest BCUT2D eigenvalue weighted by Gasteiger charge is -2.51. The van der Waals surface area contributed by atoms with Gasteiger partial charge in [-0.3, -0.25) is 9.69 Å². The van der Waals surface area contributed by atoms with Crippen molar-refractivity contribution >= 4 is 11.9 Å². The van der Waals surface area contributed by atoms with Crippen molar-refractivity contribution in [2.45, 2.75) is 69.6 Å². The first-order valence-electron chi connectivity index (χ1n) is 11.8. The maximum Gasteiger partial charge on any atom is 0.337 e. The standard InChI is InChI=1S/C27H32N2O3/c1-18-3-5-19(6-4-18)17-29-23-13-9-20(10-14-23)24(29)25(30)28-27(15-16-27)22-11-7-21(8-12-22)26(31)32-2/h3-8,11-12,20,23-24H,9-10,13-17H2,1-2H3,(H,28,30). The number of piperidine rings is 2. The van der Waals surface area contributed by atoms with E-state index in [-0.39, 0.29) is 23.5 Å². The summed E-state index contributed by atoms with van der Waals surface area (Å²) in [4.78, 5) is 27.9. The van der Waals surface area contributed by atoms with Gasteiger partial charge in [0, 0.05) is 12.6 Å². The van der Waals surface area contributed by atoms with E-state index in [0.717, 1.165) is 37.8 Å². The van der Waals surface area contributed by atoms with Crippen LogP contribution in [0.1, 0.15) is 65.6 Å². The number of fused-ring (bicyclic) bond motifs is 3. The summed E-state index contributed by atoms with van der Waals surface area (Å²) in [5.41, 5.74) is 3.85. The molecule has 2 aliphatic carbocycles. The van der Waals surface area contributed by atoms with Gasteiger partial charge in [0.1, 0.15) is 0 Å². The van der Waals surface area contributed by atoms with E-state index in [2.05, 4.69) is 41.4 Å². The molecule has 0 aromatic heterocycles. The van der Waals surface area contributed by atoms with Crippen LogP contribution in [-0.4, -0.2) is 36.0 Å². The zero-order valence-electron chi connectivity index (χ0n) is 19.0. The van der Waals surface area contributed by atoms with E-state index in [1.54, 1.807) is 12.1 Å². The van der Waals surface area contributed by atoms with Crippen molar-refractivity contribution in [3.05, 3.63) is 70.8 Å². The third-order valence-electron chi connectivity index (χ3n) is 7.74. The molecule has 2 aromatic rings. The molecule has 1 atom stereocenters. The Morgan fingerprint density at radius 1 is 1.00 bits per heavy atom. The van der Waals surface area contributed by atoms with Crippen LogP contribution in [0.15, 0.2) is 48.5 Å². The van der Waals surface area contributed by atoms with E-state index >= 15 is 0 Å². The number of benzene rings is 2. The molecule has 1 amide bonds. The first-order valence-corrected chi connectivity index (χ1v) is 11.8. The van der Waals surface area contributed by atoms with Crippen LogP contribution in [-0.2, 0) is 21.6 Å². The molecule has 32 heavy (non-hydrogen) atoms. The van der Waals surface area contributed by atoms with Gasteiger partial charge >= 0.3 is 5.97 Å². The Labute approximate surface area is 190 Å². The van der Waals surface area contributed by atoms with Crippen LogP contribution in [0.5, 0.6) is 0 Å². The molecular weight excluding hydrogens is 400 g/mol. The first kappa shape index (κ1) is 21.2. The van der Waals surface area contributed by atoms with Gasteiger partial charge in [-0.05, 0) is 74.6 Å². The molecule has 1 unspecified atom stereocenters. The Morgan fingerprint density at radius 3 is 2.25 bits per heavy atom. The summed E-state index contributed by atoms with van der Waals surface area (Å²) in [6, 6.07) is 16.6. The van der Waals surface area contributed by atoms with Crippen molar-refractivity contribution in [3.63, 3.8) is 0 Å². The second-order valence-electron chi connectivity index (χ2n) is 9.81. The second-order valence-corrected chi connectivity index (χ2v) is 9.81. The summed E-state index contributed by atoms with van der Waals surface area (Å²) in [5, 5.41) is 3.43. The quantitative estimate of drug-likeness (QED) is 0.691. The number of hydrogen-bond donors (Lipinski definition) is 1. The second kappa shape index (κ2) is 8.36. The fraction of sp³-hybridized carbons (Fsp3) is 0.481. The molecule has 4 aliphatic rings. The van der Waals surface area contributed by atoms with Gasteiger partial charge in [0.15, 0.2) is 0 Å². The maximum absolute atomic E-state index is 13.7. The van der Waals surface area contributed by atoms with E-state index in [1.165, 1.54) is 31.1 Å². The number of methoxy groups -OCH3 is 1. The molecule has 2 aromatic carbocycles. The Kier molecular flexibility index (Phi) is 5.54. The van der Waals surface area contributed by atoms with Gasteiger partial charge in [0.2, 0.25) is 5.91 Å². The third-order valence-corrected chi connectivity index (χ3v) is 7.74. The van der Waals surface area contributed by atoms with E-state index in [1.807, 2.05) is 12.1 Å². The molecule has 5 nitrogen and oxygen atoms in total. The number of carbonyl (C=O) groups is 2. The Hall–Kier alpha value is -2.66. The van der Waals surface area contributed by atoms with Crippen molar-refractivity contribution in [1.29, 1.82) is 0 Å². The molecule has 0 radical (unpaired) electrons. The zero-order chi connectivity index (χ0) is 22.3. The molecule has 2 saturated carbocycles. The van der Waals surface area contributed by atoms with E-state index in [9.17, 15) is 9.59 Å². The minimum absolute atomic E-state index is 0.0596. The first-order chi connectivity index (χ1) is 15.5. The van der Waals surface area contributed by atoms with Gasteiger partial charge < -0.3 is 10.1 Å². The van der Waals surface area contributed by atoms with Crippen molar-refractivity contribution in [2.75, 3.05) is 7.11 Å². The van der Waals surface area contributed by atoms with Crippen molar-refractivity contribution in [3.8, 4) is 0 Å². The lowest BCUT2D eigenvalue weighted by atomic mass is 9.74. The number of esters is 1. The molecule has 4 fully saturated rings. The summed E-state index contributed by atoms with van der Waals surface area (Å²) in [6.07, 6.45) is 6.56. The average molecular weight is 433 g/mol. The molecule has 2 aliphatic heterocycles. The monoisotopic (exact) mass is 432 g/mol. The normalized spacial score (nSPS) is 25.9.